The summed E-state index contributed by atoms with van der Waals surface area (Å²) in [6, 6.07) is 9.99. The van der Waals surface area contributed by atoms with E-state index in [1.54, 1.807) is 0 Å². The van der Waals surface area contributed by atoms with Crippen LogP contribution in [0.15, 0.2) is 30.3 Å². The second-order valence-corrected chi connectivity index (χ2v) is 6.84. The highest BCUT2D eigenvalue weighted by Crippen LogP contribution is 2.18. The Morgan fingerprint density at radius 1 is 1.00 bits per heavy atom. The number of hydrogen-bond donors (Lipinski definition) is 1. The molecule has 0 aliphatic carbocycles. The number of hydrogen-bond acceptors (Lipinski definition) is 3. The summed E-state index contributed by atoms with van der Waals surface area (Å²) >= 11 is 0. The molecule has 0 radical (unpaired) electrons. The van der Waals surface area contributed by atoms with Crippen molar-refractivity contribution < 1.29 is 9.59 Å². The summed E-state index contributed by atoms with van der Waals surface area (Å²) < 4.78 is 0. The van der Waals surface area contributed by atoms with E-state index in [-0.39, 0.29) is 17.7 Å². The summed E-state index contributed by atoms with van der Waals surface area (Å²) in [5.74, 6) is 0.468. The van der Waals surface area contributed by atoms with Gasteiger partial charge in [-0.05, 0) is 44.3 Å². The molecule has 1 aromatic rings. The van der Waals surface area contributed by atoms with Gasteiger partial charge in [-0.1, -0.05) is 30.3 Å². The topological polar surface area (TPSA) is 52.7 Å². The van der Waals surface area contributed by atoms with Gasteiger partial charge in [0.15, 0.2) is 0 Å². The molecule has 2 aliphatic heterocycles. The van der Waals surface area contributed by atoms with Crippen LogP contribution >= 0.6 is 0 Å². The fraction of sp³-hybridized carbons (Fsp3) is 0.579. The Kier molecular flexibility index (Phi) is 5.86. The molecular weight excluding hydrogens is 302 g/mol. The average Bonchev–Trinajstić information content (AvgIpc) is 3.16. The Morgan fingerprint density at radius 3 is 2.33 bits per heavy atom. The predicted molar refractivity (Wildman–Crippen MR) is 93.3 cm³/mol. The van der Waals surface area contributed by atoms with Crippen molar-refractivity contribution >= 4 is 11.8 Å². The fourth-order valence-electron chi connectivity index (χ4n) is 3.54. The first-order chi connectivity index (χ1) is 11.7. The Balaban J connectivity index is 1.38. The number of likely N-dealkylation sites (tertiary alicyclic amines) is 2. The van der Waals surface area contributed by atoms with Crippen molar-refractivity contribution in [1.29, 1.82) is 0 Å². The maximum absolute atomic E-state index is 12.3. The zero-order valence-corrected chi connectivity index (χ0v) is 14.2. The van der Waals surface area contributed by atoms with Crippen molar-refractivity contribution in [3.05, 3.63) is 35.9 Å². The van der Waals surface area contributed by atoms with Crippen molar-refractivity contribution in [2.45, 2.75) is 32.2 Å². The van der Waals surface area contributed by atoms with Crippen molar-refractivity contribution in [1.82, 2.24) is 15.1 Å². The number of rotatable bonds is 5. The van der Waals surface area contributed by atoms with E-state index < -0.39 is 0 Å². The molecule has 2 saturated heterocycles. The van der Waals surface area contributed by atoms with Gasteiger partial charge >= 0.3 is 0 Å². The highest BCUT2D eigenvalue weighted by molar-refractivity contribution is 5.79. The first kappa shape index (κ1) is 17.0. The van der Waals surface area contributed by atoms with Crippen LogP contribution in [0.3, 0.4) is 0 Å². The van der Waals surface area contributed by atoms with Crippen LogP contribution in [0, 0.1) is 5.92 Å². The molecule has 2 heterocycles. The largest absolute Gasteiger partial charge is 0.352 e. The molecule has 2 aliphatic rings. The minimum absolute atomic E-state index is 0.0758. The Hall–Kier alpha value is -1.88. The summed E-state index contributed by atoms with van der Waals surface area (Å²) in [5.41, 5.74) is 1.12. The number of nitrogens with one attached hydrogen (secondary N) is 1. The van der Waals surface area contributed by atoms with E-state index in [9.17, 15) is 9.59 Å². The second kappa shape index (κ2) is 8.29. The van der Waals surface area contributed by atoms with Crippen molar-refractivity contribution in [3.8, 4) is 0 Å². The molecule has 0 unspecified atom stereocenters. The maximum atomic E-state index is 12.3. The van der Waals surface area contributed by atoms with Gasteiger partial charge in [-0.25, -0.2) is 0 Å². The zero-order valence-electron chi connectivity index (χ0n) is 14.2. The molecule has 0 atom stereocenters. The molecule has 1 aromatic carbocycles. The van der Waals surface area contributed by atoms with Gasteiger partial charge in [0.05, 0.1) is 6.54 Å². The van der Waals surface area contributed by atoms with Gasteiger partial charge < -0.3 is 10.2 Å². The third-order valence-corrected chi connectivity index (χ3v) is 5.09. The van der Waals surface area contributed by atoms with Crippen LogP contribution in [0.1, 0.15) is 31.2 Å². The fourth-order valence-corrected chi connectivity index (χ4v) is 3.54. The van der Waals surface area contributed by atoms with E-state index >= 15 is 0 Å². The van der Waals surface area contributed by atoms with E-state index in [1.807, 2.05) is 35.2 Å². The van der Waals surface area contributed by atoms with Crippen molar-refractivity contribution in [2.24, 2.45) is 5.92 Å². The van der Waals surface area contributed by atoms with Crippen LogP contribution in [0.5, 0.6) is 0 Å². The van der Waals surface area contributed by atoms with Crippen LogP contribution in [0.4, 0.5) is 0 Å². The van der Waals surface area contributed by atoms with Crippen molar-refractivity contribution in [3.63, 3.8) is 0 Å². The maximum Gasteiger partial charge on any atom is 0.236 e. The number of nitrogens with zero attached hydrogens (tertiary/aromatic N) is 2. The Bertz CT molecular complexity index is 547. The van der Waals surface area contributed by atoms with Gasteiger partial charge in [-0.3, -0.25) is 14.5 Å². The molecule has 3 rings (SSSR count). The third kappa shape index (κ3) is 4.57. The SMILES string of the molecule is O=C(NCc1ccccc1)C1CCN(CC(=O)N2CCCC2)CC1. The Labute approximate surface area is 144 Å². The second-order valence-electron chi connectivity index (χ2n) is 6.84. The highest BCUT2D eigenvalue weighted by Gasteiger charge is 2.27. The first-order valence-electron chi connectivity index (χ1n) is 9.04. The lowest BCUT2D eigenvalue weighted by Gasteiger charge is -2.31. The lowest BCUT2D eigenvalue weighted by Crippen LogP contribution is -2.45. The van der Waals surface area contributed by atoms with E-state index in [2.05, 4.69) is 10.2 Å². The summed E-state index contributed by atoms with van der Waals surface area (Å²) in [4.78, 5) is 28.7. The molecular formula is C19H27N3O2. The molecule has 0 bridgehead atoms. The molecule has 0 spiro atoms. The Morgan fingerprint density at radius 2 is 1.67 bits per heavy atom. The van der Waals surface area contributed by atoms with Crippen LogP contribution < -0.4 is 5.32 Å². The van der Waals surface area contributed by atoms with Gasteiger partial charge in [0.2, 0.25) is 11.8 Å². The van der Waals surface area contributed by atoms with Gasteiger partial charge in [0.1, 0.15) is 0 Å². The molecule has 0 saturated carbocycles. The first-order valence-corrected chi connectivity index (χ1v) is 9.04. The molecule has 130 valence electrons. The minimum Gasteiger partial charge on any atom is -0.352 e. The standard InChI is InChI=1S/C19H27N3O2/c23-18(22-10-4-5-11-22)15-21-12-8-17(9-13-21)19(24)20-14-16-6-2-1-3-7-16/h1-3,6-7,17H,4-5,8-15H2,(H,20,24). The highest BCUT2D eigenvalue weighted by atomic mass is 16.2. The number of piperidine rings is 1. The smallest absolute Gasteiger partial charge is 0.236 e. The van der Waals surface area contributed by atoms with Crippen molar-refractivity contribution in [2.75, 3.05) is 32.7 Å². The predicted octanol–water partition coefficient (Wildman–Crippen LogP) is 1.64. The van der Waals surface area contributed by atoms with Gasteiger partial charge in [-0.15, -0.1) is 0 Å². The van der Waals surface area contributed by atoms with Crippen LogP contribution in [0.2, 0.25) is 0 Å². The van der Waals surface area contributed by atoms with Gasteiger partial charge in [0, 0.05) is 25.6 Å². The van der Waals surface area contributed by atoms with Crippen LogP contribution in [-0.2, 0) is 16.1 Å². The van der Waals surface area contributed by atoms with Gasteiger partial charge in [0.25, 0.3) is 0 Å². The number of benzene rings is 1. The molecule has 24 heavy (non-hydrogen) atoms. The molecule has 0 aromatic heterocycles. The normalized spacial score (nSPS) is 19.4. The van der Waals surface area contributed by atoms with E-state index in [0.717, 1.165) is 57.4 Å². The van der Waals surface area contributed by atoms with E-state index in [0.29, 0.717) is 13.1 Å². The molecule has 5 heteroatoms. The summed E-state index contributed by atoms with van der Waals surface area (Å²) in [6.07, 6.45) is 3.95. The summed E-state index contributed by atoms with van der Waals surface area (Å²) in [5, 5.41) is 3.04. The average molecular weight is 329 g/mol. The number of carbonyl (C=O) groups excluding carboxylic acids is 2. The van der Waals surface area contributed by atoms with Gasteiger partial charge in [-0.2, -0.15) is 0 Å². The van der Waals surface area contributed by atoms with Crippen LogP contribution in [-0.4, -0.2) is 54.3 Å². The van der Waals surface area contributed by atoms with E-state index in [4.69, 9.17) is 0 Å². The number of carbonyl (C=O) groups is 2. The molecule has 2 fully saturated rings. The minimum atomic E-state index is 0.0758. The molecule has 2 amide bonds. The monoisotopic (exact) mass is 329 g/mol. The summed E-state index contributed by atoms with van der Waals surface area (Å²) in [7, 11) is 0. The zero-order chi connectivity index (χ0) is 16.8. The molecule has 5 nitrogen and oxygen atoms in total. The lowest BCUT2D eigenvalue weighted by molar-refractivity contribution is -0.132. The van der Waals surface area contributed by atoms with E-state index in [1.165, 1.54) is 0 Å². The third-order valence-electron chi connectivity index (χ3n) is 5.09. The van der Waals surface area contributed by atoms with Crippen LogP contribution in [0.25, 0.3) is 0 Å². The number of amides is 2. The lowest BCUT2D eigenvalue weighted by atomic mass is 9.96. The summed E-state index contributed by atoms with van der Waals surface area (Å²) in [6.45, 7) is 4.60. The quantitative estimate of drug-likeness (QED) is 0.893. The molecule has 1 N–H and O–H groups in total.